The second-order valence-corrected chi connectivity index (χ2v) is 5.87. The summed E-state index contributed by atoms with van der Waals surface area (Å²) in [4.78, 5) is 33.2. The predicted molar refractivity (Wildman–Crippen MR) is 95.3 cm³/mol. The molecule has 0 aliphatic carbocycles. The molecule has 6 nitrogen and oxygen atoms in total. The first-order valence-corrected chi connectivity index (χ1v) is 8.21. The summed E-state index contributed by atoms with van der Waals surface area (Å²) in [5, 5.41) is 0.431. The Bertz CT molecular complexity index is 1040. The van der Waals surface area contributed by atoms with Crippen LogP contribution in [0.3, 0.4) is 0 Å². The van der Waals surface area contributed by atoms with E-state index in [1.807, 2.05) is 0 Å². The lowest BCUT2D eigenvalue weighted by molar-refractivity contribution is 0.0670. The van der Waals surface area contributed by atoms with Gasteiger partial charge in [0.2, 0.25) is 0 Å². The second-order valence-electron chi connectivity index (χ2n) is 5.87. The number of halogens is 2. The normalized spacial score (nSPS) is 10.9. The Morgan fingerprint density at radius 1 is 1.22 bits per heavy atom. The van der Waals surface area contributed by atoms with Crippen molar-refractivity contribution in [2.45, 2.75) is 6.54 Å². The summed E-state index contributed by atoms with van der Waals surface area (Å²) in [5.74, 6) is -2.12. The Balaban J connectivity index is 1.93. The molecule has 2 aromatic carbocycles. The summed E-state index contributed by atoms with van der Waals surface area (Å²) in [6.07, 6.45) is 0. The van der Waals surface area contributed by atoms with E-state index in [2.05, 4.69) is 9.97 Å². The average molecular weight is 373 g/mol. The molecule has 3 aromatic rings. The van der Waals surface area contributed by atoms with Gasteiger partial charge in [0.15, 0.2) is 0 Å². The van der Waals surface area contributed by atoms with Gasteiger partial charge in [0.1, 0.15) is 17.5 Å². The highest BCUT2D eigenvalue weighted by molar-refractivity contribution is 5.94. The molecular formula is C19H17F2N3O3. The smallest absolute Gasteiger partial charge is 0.258 e. The number of rotatable bonds is 6. The molecule has 0 saturated carbocycles. The van der Waals surface area contributed by atoms with E-state index >= 15 is 0 Å². The molecule has 1 N–H and O–H groups in total. The van der Waals surface area contributed by atoms with E-state index in [0.717, 1.165) is 12.1 Å². The molecule has 27 heavy (non-hydrogen) atoms. The van der Waals surface area contributed by atoms with Gasteiger partial charge in [-0.2, -0.15) is 0 Å². The van der Waals surface area contributed by atoms with Crippen molar-refractivity contribution in [1.29, 1.82) is 0 Å². The number of H-pyrrole nitrogens is 1. The van der Waals surface area contributed by atoms with Crippen LogP contribution >= 0.6 is 0 Å². The second kappa shape index (κ2) is 8.05. The van der Waals surface area contributed by atoms with E-state index in [4.69, 9.17) is 4.74 Å². The average Bonchev–Trinajstić information content (AvgIpc) is 2.64. The molecule has 0 aliphatic heterocycles. The molecule has 0 aliphatic rings. The Labute approximate surface area is 153 Å². The minimum absolute atomic E-state index is 0.0565. The zero-order valence-corrected chi connectivity index (χ0v) is 14.5. The maximum Gasteiger partial charge on any atom is 0.258 e. The minimum Gasteiger partial charge on any atom is -0.383 e. The summed E-state index contributed by atoms with van der Waals surface area (Å²) in [5.41, 5.74) is -0.110. The van der Waals surface area contributed by atoms with Crippen molar-refractivity contribution in [3.05, 3.63) is 75.8 Å². The number of amides is 1. The third kappa shape index (κ3) is 4.17. The molecule has 1 aromatic heterocycles. The minimum atomic E-state index is -0.956. The van der Waals surface area contributed by atoms with E-state index in [9.17, 15) is 18.4 Å². The molecular weight excluding hydrogens is 356 g/mol. The third-order valence-corrected chi connectivity index (χ3v) is 4.02. The lowest BCUT2D eigenvalue weighted by Gasteiger charge is -2.22. The molecule has 1 heterocycles. The van der Waals surface area contributed by atoms with Gasteiger partial charge in [-0.25, -0.2) is 13.8 Å². The molecule has 8 heteroatoms. The van der Waals surface area contributed by atoms with Crippen molar-refractivity contribution in [3.8, 4) is 0 Å². The van der Waals surface area contributed by atoms with Crippen LogP contribution in [0.4, 0.5) is 8.78 Å². The Kier molecular flexibility index (Phi) is 5.56. The molecule has 0 radical (unpaired) electrons. The lowest BCUT2D eigenvalue weighted by atomic mass is 10.1. The van der Waals surface area contributed by atoms with Crippen LogP contribution in [0.1, 0.15) is 16.2 Å². The number of methoxy groups -OCH3 is 1. The number of fused-ring (bicyclic) bond motifs is 1. The highest BCUT2D eigenvalue weighted by atomic mass is 19.1. The highest BCUT2D eigenvalue weighted by Gasteiger charge is 2.21. The largest absolute Gasteiger partial charge is 0.383 e. The topological polar surface area (TPSA) is 75.3 Å². The maximum absolute atomic E-state index is 14.0. The van der Waals surface area contributed by atoms with Crippen molar-refractivity contribution >= 4 is 16.8 Å². The monoisotopic (exact) mass is 373 g/mol. The zero-order chi connectivity index (χ0) is 19.4. The van der Waals surface area contributed by atoms with Gasteiger partial charge >= 0.3 is 0 Å². The number of hydrogen-bond acceptors (Lipinski definition) is 4. The number of ether oxygens (including phenoxy) is 1. The Morgan fingerprint density at radius 3 is 2.74 bits per heavy atom. The van der Waals surface area contributed by atoms with E-state index in [1.165, 1.54) is 12.0 Å². The van der Waals surface area contributed by atoms with E-state index in [0.29, 0.717) is 17.0 Å². The zero-order valence-electron chi connectivity index (χ0n) is 14.5. The molecule has 0 unspecified atom stereocenters. The number of aromatic nitrogens is 2. The van der Waals surface area contributed by atoms with Crippen molar-refractivity contribution < 1.29 is 18.3 Å². The number of nitrogens with zero attached hydrogens (tertiary/aromatic N) is 2. The Hall–Kier alpha value is -3.13. The van der Waals surface area contributed by atoms with Gasteiger partial charge in [-0.1, -0.05) is 12.1 Å². The number of benzene rings is 2. The van der Waals surface area contributed by atoms with Crippen LogP contribution in [-0.4, -0.2) is 41.0 Å². The quantitative estimate of drug-likeness (QED) is 0.720. The Morgan fingerprint density at radius 2 is 2.00 bits per heavy atom. The van der Waals surface area contributed by atoms with Gasteiger partial charge in [0.25, 0.3) is 11.5 Å². The van der Waals surface area contributed by atoms with Crippen LogP contribution in [0.15, 0.2) is 47.3 Å². The van der Waals surface area contributed by atoms with Crippen molar-refractivity contribution in [2.24, 2.45) is 0 Å². The first-order chi connectivity index (χ1) is 13.0. The molecule has 1 amide bonds. The molecule has 0 saturated heterocycles. The van der Waals surface area contributed by atoms with E-state index in [-0.39, 0.29) is 36.6 Å². The van der Waals surface area contributed by atoms with Gasteiger partial charge in [-0.05, 0) is 24.3 Å². The number of aromatic amines is 1. The highest BCUT2D eigenvalue weighted by Crippen LogP contribution is 2.14. The molecule has 0 spiro atoms. The van der Waals surface area contributed by atoms with Gasteiger partial charge in [-0.15, -0.1) is 0 Å². The van der Waals surface area contributed by atoms with Crippen LogP contribution in [0, 0.1) is 11.6 Å². The van der Waals surface area contributed by atoms with Gasteiger partial charge in [0, 0.05) is 19.7 Å². The summed E-state index contributed by atoms with van der Waals surface area (Å²) < 4.78 is 32.1. The first-order valence-electron chi connectivity index (χ1n) is 8.21. The summed E-state index contributed by atoms with van der Waals surface area (Å²) in [6, 6.07) is 9.56. The number of para-hydroxylation sites is 1. The first kappa shape index (κ1) is 18.7. The van der Waals surface area contributed by atoms with Gasteiger partial charge in [-0.3, -0.25) is 9.59 Å². The van der Waals surface area contributed by atoms with Crippen molar-refractivity contribution in [3.63, 3.8) is 0 Å². The van der Waals surface area contributed by atoms with Crippen LogP contribution < -0.4 is 5.56 Å². The van der Waals surface area contributed by atoms with Crippen LogP contribution in [0.5, 0.6) is 0 Å². The predicted octanol–water partition coefficient (Wildman–Crippen LogP) is 2.49. The number of carbonyl (C=O) groups excluding carboxylic acids is 1. The number of hydrogen-bond donors (Lipinski definition) is 1. The molecule has 0 fully saturated rings. The molecule has 140 valence electrons. The van der Waals surface area contributed by atoms with Gasteiger partial charge in [0.05, 0.1) is 29.6 Å². The van der Waals surface area contributed by atoms with Crippen molar-refractivity contribution in [2.75, 3.05) is 20.3 Å². The number of carbonyl (C=O) groups is 1. The SMILES string of the molecule is COCCN(Cc1nc2ccccc2c(=O)[nH]1)C(=O)c1ccc(F)cc1F. The van der Waals surface area contributed by atoms with Crippen molar-refractivity contribution in [1.82, 2.24) is 14.9 Å². The lowest BCUT2D eigenvalue weighted by Crippen LogP contribution is -2.35. The fraction of sp³-hybridized carbons (Fsp3) is 0.211. The molecule has 3 rings (SSSR count). The summed E-state index contributed by atoms with van der Waals surface area (Å²) in [7, 11) is 1.47. The van der Waals surface area contributed by atoms with Gasteiger partial charge < -0.3 is 14.6 Å². The van der Waals surface area contributed by atoms with Crippen LogP contribution in [0.25, 0.3) is 10.9 Å². The van der Waals surface area contributed by atoms with Crippen LogP contribution in [-0.2, 0) is 11.3 Å². The fourth-order valence-electron chi connectivity index (χ4n) is 2.68. The maximum atomic E-state index is 14.0. The summed E-state index contributed by atoms with van der Waals surface area (Å²) in [6.45, 7) is 0.286. The summed E-state index contributed by atoms with van der Waals surface area (Å²) >= 11 is 0. The van der Waals surface area contributed by atoms with E-state index < -0.39 is 17.5 Å². The standard InChI is InChI=1S/C19H17F2N3O3/c1-27-9-8-24(19(26)13-7-6-12(20)10-15(13)21)11-17-22-16-5-3-2-4-14(16)18(25)23-17/h2-7,10H,8-9,11H2,1H3,(H,22,23,25). The third-order valence-electron chi connectivity index (χ3n) is 4.02. The van der Waals surface area contributed by atoms with E-state index in [1.54, 1.807) is 24.3 Å². The number of nitrogens with one attached hydrogen (secondary N) is 1. The molecule has 0 atom stereocenters. The fourth-order valence-corrected chi connectivity index (χ4v) is 2.68. The molecule has 0 bridgehead atoms. The van der Waals surface area contributed by atoms with Crippen LogP contribution in [0.2, 0.25) is 0 Å².